The molecule has 0 aliphatic carbocycles. The highest BCUT2D eigenvalue weighted by Gasteiger charge is 2.26. The highest BCUT2D eigenvalue weighted by Crippen LogP contribution is 2.21. The van der Waals surface area contributed by atoms with Crippen molar-refractivity contribution in [3.63, 3.8) is 0 Å². The second kappa shape index (κ2) is 7.04. The highest BCUT2D eigenvalue weighted by atomic mass is 19.1. The van der Waals surface area contributed by atoms with E-state index in [0.717, 1.165) is 25.1 Å². The molecule has 0 amide bonds. The van der Waals surface area contributed by atoms with Gasteiger partial charge in [0.2, 0.25) is 0 Å². The van der Waals surface area contributed by atoms with Gasteiger partial charge in [-0.05, 0) is 43.5 Å². The number of hydrogen-bond donors (Lipinski definition) is 1. The van der Waals surface area contributed by atoms with Crippen LogP contribution >= 0.6 is 0 Å². The molecule has 0 saturated carbocycles. The smallest absolute Gasteiger partial charge is 0.165 e. The van der Waals surface area contributed by atoms with E-state index in [1.807, 2.05) is 17.0 Å². The van der Waals surface area contributed by atoms with Crippen molar-refractivity contribution in [3.05, 3.63) is 59.8 Å². The lowest BCUT2D eigenvalue weighted by atomic mass is 10.1. The zero-order valence-electron chi connectivity index (χ0n) is 13.2. The van der Waals surface area contributed by atoms with Gasteiger partial charge >= 0.3 is 0 Å². The summed E-state index contributed by atoms with van der Waals surface area (Å²) in [6.07, 6.45) is 3.18. The van der Waals surface area contributed by atoms with E-state index in [1.165, 1.54) is 12.1 Å². The van der Waals surface area contributed by atoms with Crippen LogP contribution in [0.5, 0.6) is 0 Å². The van der Waals surface area contributed by atoms with Crippen LogP contribution in [0.25, 0.3) is 0 Å². The second-order valence-corrected chi connectivity index (χ2v) is 6.10. The number of halogens is 2. The van der Waals surface area contributed by atoms with E-state index in [4.69, 9.17) is 0 Å². The lowest BCUT2D eigenvalue weighted by Crippen LogP contribution is -2.40. The number of benzene rings is 1. The third kappa shape index (κ3) is 3.85. The Hall–Kier alpha value is -2.01. The van der Waals surface area contributed by atoms with Crippen molar-refractivity contribution in [1.82, 2.24) is 10.3 Å². The maximum atomic E-state index is 13.8. The SMILES string of the molecule is C[C@H](Cc1ccccc1F)N[C@@H]1CCN(c2ncccc2F)C1. The van der Waals surface area contributed by atoms with E-state index in [9.17, 15) is 8.78 Å². The maximum absolute atomic E-state index is 13.8. The lowest BCUT2D eigenvalue weighted by molar-refractivity contribution is 0.459. The molecule has 0 radical (unpaired) electrons. The van der Waals surface area contributed by atoms with E-state index in [-0.39, 0.29) is 23.7 Å². The van der Waals surface area contributed by atoms with Crippen molar-refractivity contribution < 1.29 is 8.78 Å². The molecule has 1 aliphatic heterocycles. The van der Waals surface area contributed by atoms with Crippen LogP contribution < -0.4 is 10.2 Å². The summed E-state index contributed by atoms with van der Waals surface area (Å²) in [7, 11) is 0. The van der Waals surface area contributed by atoms with Crippen LogP contribution in [-0.4, -0.2) is 30.2 Å². The fraction of sp³-hybridized carbons (Fsp3) is 0.389. The van der Waals surface area contributed by atoms with Crippen LogP contribution in [0.3, 0.4) is 0 Å². The Morgan fingerprint density at radius 3 is 2.78 bits per heavy atom. The largest absolute Gasteiger partial charge is 0.353 e. The Kier molecular flexibility index (Phi) is 4.86. The third-order valence-electron chi connectivity index (χ3n) is 4.23. The molecular weight excluding hydrogens is 296 g/mol. The van der Waals surface area contributed by atoms with Gasteiger partial charge in [0.25, 0.3) is 0 Å². The number of nitrogens with zero attached hydrogens (tertiary/aromatic N) is 2. The van der Waals surface area contributed by atoms with Crippen molar-refractivity contribution in [2.75, 3.05) is 18.0 Å². The molecule has 5 heteroatoms. The van der Waals surface area contributed by atoms with Gasteiger partial charge in [0.1, 0.15) is 5.82 Å². The molecule has 1 N–H and O–H groups in total. The summed E-state index contributed by atoms with van der Waals surface area (Å²) < 4.78 is 27.5. The molecule has 3 nitrogen and oxygen atoms in total. The van der Waals surface area contributed by atoms with E-state index in [2.05, 4.69) is 17.2 Å². The first-order chi connectivity index (χ1) is 11.1. The van der Waals surface area contributed by atoms with Gasteiger partial charge in [-0.2, -0.15) is 0 Å². The summed E-state index contributed by atoms with van der Waals surface area (Å²) in [5, 5.41) is 3.52. The molecule has 0 unspecified atom stereocenters. The minimum Gasteiger partial charge on any atom is -0.353 e. The lowest BCUT2D eigenvalue weighted by Gasteiger charge is -2.21. The number of pyridine rings is 1. The Bertz CT molecular complexity index is 662. The van der Waals surface area contributed by atoms with Crippen molar-refractivity contribution >= 4 is 5.82 Å². The van der Waals surface area contributed by atoms with Gasteiger partial charge in [-0.15, -0.1) is 0 Å². The normalized spacial score (nSPS) is 19.1. The number of rotatable bonds is 5. The van der Waals surface area contributed by atoms with Crippen molar-refractivity contribution in [2.45, 2.75) is 31.8 Å². The van der Waals surface area contributed by atoms with Crippen LogP contribution in [0.4, 0.5) is 14.6 Å². The first kappa shape index (κ1) is 15.9. The number of nitrogens with one attached hydrogen (secondary N) is 1. The zero-order chi connectivity index (χ0) is 16.2. The van der Waals surface area contributed by atoms with Crippen LogP contribution in [0.1, 0.15) is 18.9 Å². The third-order valence-corrected chi connectivity index (χ3v) is 4.23. The molecule has 1 aromatic carbocycles. The van der Waals surface area contributed by atoms with Gasteiger partial charge in [-0.3, -0.25) is 0 Å². The Labute approximate surface area is 135 Å². The van der Waals surface area contributed by atoms with E-state index in [1.54, 1.807) is 18.3 Å². The fourth-order valence-electron chi connectivity index (χ4n) is 3.15. The summed E-state index contributed by atoms with van der Waals surface area (Å²) in [5.74, 6) is -0.0316. The average molecular weight is 317 g/mol. The van der Waals surface area contributed by atoms with Gasteiger partial charge in [0, 0.05) is 31.4 Å². The maximum Gasteiger partial charge on any atom is 0.165 e. The topological polar surface area (TPSA) is 28.2 Å². The first-order valence-corrected chi connectivity index (χ1v) is 7.98. The minimum atomic E-state index is -0.285. The molecule has 2 heterocycles. The highest BCUT2D eigenvalue weighted by molar-refractivity contribution is 5.41. The van der Waals surface area contributed by atoms with Gasteiger partial charge in [0.05, 0.1) is 0 Å². The fourth-order valence-corrected chi connectivity index (χ4v) is 3.15. The van der Waals surface area contributed by atoms with Crippen LogP contribution in [0.15, 0.2) is 42.6 Å². The van der Waals surface area contributed by atoms with Gasteiger partial charge < -0.3 is 10.2 Å². The molecule has 1 saturated heterocycles. The Morgan fingerprint density at radius 2 is 2.00 bits per heavy atom. The average Bonchev–Trinajstić information content (AvgIpc) is 2.98. The van der Waals surface area contributed by atoms with Gasteiger partial charge in [-0.1, -0.05) is 18.2 Å². The van der Waals surface area contributed by atoms with Crippen LogP contribution in [0, 0.1) is 11.6 Å². The standard InChI is InChI=1S/C18H21F2N3/c1-13(11-14-5-2-3-6-16(14)19)22-15-8-10-23(12-15)18-17(20)7-4-9-21-18/h2-7,9,13,15,22H,8,10-12H2,1H3/t13-,15-/m1/s1. The molecule has 1 aromatic heterocycles. The quantitative estimate of drug-likeness (QED) is 0.918. The van der Waals surface area contributed by atoms with E-state index < -0.39 is 0 Å². The monoisotopic (exact) mass is 317 g/mol. The Morgan fingerprint density at radius 1 is 1.22 bits per heavy atom. The summed E-state index contributed by atoms with van der Waals surface area (Å²) in [6.45, 7) is 3.55. The zero-order valence-corrected chi connectivity index (χ0v) is 13.2. The van der Waals surface area contributed by atoms with Crippen molar-refractivity contribution in [2.24, 2.45) is 0 Å². The predicted molar refractivity (Wildman–Crippen MR) is 87.5 cm³/mol. The van der Waals surface area contributed by atoms with Gasteiger partial charge in [0.15, 0.2) is 11.6 Å². The second-order valence-electron chi connectivity index (χ2n) is 6.10. The molecule has 1 fully saturated rings. The number of hydrogen-bond acceptors (Lipinski definition) is 3. The molecule has 3 rings (SSSR count). The molecule has 2 aromatic rings. The number of anilines is 1. The first-order valence-electron chi connectivity index (χ1n) is 7.98. The molecule has 2 atom stereocenters. The summed E-state index contributed by atoms with van der Waals surface area (Å²) in [6, 6.07) is 10.3. The molecule has 23 heavy (non-hydrogen) atoms. The van der Waals surface area contributed by atoms with Crippen LogP contribution in [-0.2, 0) is 6.42 Å². The Balaban J connectivity index is 1.56. The summed E-state index contributed by atoms with van der Waals surface area (Å²) in [5.41, 5.74) is 0.720. The summed E-state index contributed by atoms with van der Waals surface area (Å²) >= 11 is 0. The van der Waals surface area contributed by atoms with Crippen LogP contribution in [0.2, 0.25) is 0 Å². The number of aromatic nitrogens is 1. The van der Waals surface area contributed by atoms with Crippen molar-refractivity contribution in [3.8, 4) is 0 Å². The molecule has 0 spiro atoms. The van der Waals surface area contributed by atoms with Crippen molar-refractivity contribution in [1.29, 1.82) is 0 Å². The molecule has 122 valence electrons. The molecule has 0 bridgehead atoms. The summed E-state index contributed by atoms with van der Waals surface area (Å²) in [4.78, 5) is 6.09. The predicted octanol–water partition coefficient (Wildman–Crippen LogP) is 3.16. The molecule has 1 aliphatic rings. The van der Waals surface area contributed by atoms with E-state index in [0.29, 0.717) is 12.2 Å². The minimum absolute atomic E-state index is 0.158. The molecular formula is C18H21F2N3. The van der Waals surface area contributed by atoms with Gasteiger partial charge in [-0.25, -0.2) is 13.8 Å². The van der Waals surface area contributed by atoms with E-state index >= 15 is 0 Å².